The molecule has 0 saturated heterocycles. The van der Waals surface area contributed by atoms with Crippen LogP contribution in [0, 0.1) is 0 Å². The molecule has 0 aliphatic heterocycles. The number of carboxylic acids is 4. The van der Waals surface area contributed by atoms with Gasteiger partial charge < -0.3 is 121 Å². The van der Waals surface area contributed by atoms with Crippen molar-refractivity contribution in [2.45, 2.75) is 0 Å². The molecule has 0 aliphatic carbocycles. The minimum absolute atomic E-state index is 0. The van der Waals surface area contributed by atoms with Crippen LogP contribution in [0.4, 0.5) is 0 Å². The van der Waals surface area contributed by atoms with Crippen molar-refractivity contribution in [3.05, 3.63) is 0 Å². The summed E-state index contributed by atoms with van der Waals surface area (Å²) in [5.41, 5.74) is 0. The van der Waals surface area contributed by atoms with E-state index >= 15 is 0 Å². The first-order chi connectivity index (χ1) is 28.5. The Bertz CT molecular complexity index is 651. The van der Waals surface area contributed by atoms with Crippen molar-refractivity contribution in [2.75, 3.05) is 184 Å². The molecule has 16 N–H and O–H groups in total. The predicted octanol–water partition coefficient (Wildman–Crippen LogP) is -16.0. The molecule has 0 rings (SSSR count). The van der Waals surface area contributed by atoms with E-state index in [0.717, 1.165) is 0 Å². The minimum atomic E-state index is -1.44. The van der Waals surface area contributed by atoms with Crippen LogP contribution in [0.15, 0.2) is 0 Å². The molecule has 0 saturated carbocycles. The molecule has 0 aromatic rings. The summed E-state index contributed by atoms with van der Waals surface area (Å²) in [6.45, 7) is 3.46. The molecule has 28 nitrogen and oxygen atoms in total. The molecule has 368 valence electrons. The quantitative estimate of drug-likeness (QED) is 0.0346. The Kier molecular flexibility index (Phi) is 98.0. The Balaban J connectivity index is -0.0000000737. The van der Waals surface area contributed by atoms with E-state index < -0.39 is 50.3 Å². The van der Waals surface area contributed by atoms with Gasteiger partial charge in [-0.05, 0) is 0 Å². The Morgan fingerprint density at radius 1 is 0.246 bits per heavy atom. The first-order valence-corrected chi connectivity index (χ1v) is 17.9. The molecule has 0 radical (unpaired) electrons. The molecule has 61 heavy (non-hydrogen) atoms. The van der Waals surface area contributed by atoms with E-state index in [2.05, 4.69) is 0 Å². The fourth-order valence-corrected chi connectivity index (χ4v) is 3.04. The number of aliphatic hydroxyl groups excluding tert-OH is 16. The molecular formula is C32H72N4O24Zr. The average Bonchev–Trinajstić information content (AvgIpc) is 3.21. The summed E-state index contributed by atoms with van der Waals surface area (Å²) in [6.07, 6.45) is 0. The standard InChI is InChI=1S/4C6H15NO3.4C2H4O3.Zr/c4*8-4-1-7(2-5-9)3-6-10;4*3-1-2(4)5;/h4*8-10H,1-6H2;4*3H,1H2,(H,4,5);/q;;;;;;;;+4/p-4. The minimum Gasteiger partial charge on any atom is -0.548 e. The number of aliphatic carboxylic acids is 4. The van der Waals surface area contributed by atoms with Crippen LogP contribution in [0.5, 0.6) is 0 Å². The van der Waals surface area contributed by atoms with Crippen LogP contribution < -0.4 is 20.4 Å². The SMILES string of the molecule is O=C([O-])CO.O=C([O-])CO.O=C([O-])CO.O=C([O-])CO.OCCN(CCO)CCO.OCCN(CCO)CCO.OCCN(CCO)CCO.OCCN(CCO)CCO.[Zr+4]. The molecule has 0 spiro atoms. The van der Waals surface area contributed by atoms with E-state index in [1.54, 1.807) is 19.6 Å². The van der Waals surface area contributed by atoms with Crippen LogP contribution in [0.25, 0.3) is 0 Å². The maximum absolute atomic E-state index is 9.01. The summed E-state index contributed by atoms with van der Waals surface area (Å²) in [6, 6.07) is 0. The van der Waals surface area contributed by atoms with E-state index in [1.165, 1.54) is 0 Å². The monoisotopic (exact) mass is 986 g/mol. The van der Waals surface area contributed by atoms with E-state index in [9.17, 15) is 0 Å². The van der Waals surface area contributed by atoms with Crippen molar-refractivity contribution in [2.24, 2.45) is 0 Å². The summed E-state index contributed by atoms with van der Waals surface area (Å²) < 4.78 is 0. The third kappa shape index (κ3) is 103. The van der Waals surface area contributed by atoms with Crippen molar-refractivity contribution in [3.63, 3.8) is 0 Å². The van der Waals surface area contributed by atoms with Crippen molar-refractivity contribution in [3.8, 4) is 0 Å². The average molecular weight is 988 g/mol. The number of hydrogen-bond donors (Lipinski definition) is 16. The van der Waals surface area contributed by atoms with Gasteiger partial charge in [0.15, 0.2) is 0 Å². The number of hydrogen-bond acceptors (Lipinski definition) is 28. The summed E-state index contributed by atoms with van der Waals surface area (Å²) in [5, 5.41) is 168. The Labute approximate surface area is 374 Å². The van der Waals surface area contributed by atoms with E-state index in [-0.39, 0.29) is 105 Å². The smallest absolute Gasteiger partial charge is 0.548 e. The second kappa shape index (κ2) is 75.3. The number of carbonyl (C=O) groups excluding carboxylic acids is 4. The van der Waals surface area contributed by atoms with Gasteiger partial charge >= 0.3 is 26.2 Å². The molecule has 0 unspecified atom stereocenters. The van der Waals surface area contributed by atoms with Gasteiger partial charge in [0, 0.05) is 78.5 Å². The van der Waals surface area contributed by atoms with Crippen molar-refractivity contribution < 1.29 is 148 Å². The molecule has 29 heteroatoms. The summed E-state index contributed by atoms with van der Waals surface area (Å²) in [5.74, 6) is -5.76. The first-order valence-electron chi connectivity index (χ1n) is 17.9. The normalized spacial score (nSPS) is 9.51. The number of aliphatic hydroxyl groups is 16. The van der Waals surface area contributed by atoms with Gasteiger partial charge in [-0.3, -0.25) is 19.6 Å². The van der Waals surface area contributed by atoms with Crippen molar-refractivity contribution in [1.82, 2.24) is 19.6 Å². The molecule has 0 atom stereocenters. The summed E-state index contributed by atoms with van der Waals surface area (Å²) >= 11 is 0. The number of rotatable bonds is 28. The molecule has 0 aromatic carbocycles. The largest absolute Gasteiger partial charge is 4.00 e. The third-order valence-electron chi connectivity index (χ3n) is 5.51. The molecule has 0 aromatic heterocycles. The van der Waals surface area contributed by atoms with E-state index in [1.807, 2.05) is 0 Å². The number of carboxylic acid groups (broad SMARTS) is 4. The van der Waals surface area contributed by atoms with Gasteiger partial charge in [-0.2, -0.15) is 0 Å². The number of nitrogens with zero attached hydrogens (tertiary/aromatic N) is 4. The van der Waals surface area contributed by atoms with Gasteiger partial charge in [-0.15, -0.1) is 0 Å². The van der Waals surface area contributed by atoms with Crippen LogP contribution in [-0.4, -0.2) is 309 Å². The van der Waals surface area contributed by atoms with Crippen LogP contribution >= 0.6 is 0 Å². The fourth-order valence-electron chi connectivity index (χ4n) is 3.04. The predicted molar refractivity (Wildman–Crippen MR) is 199 cm³/mol. The van der Waals surface area contributed by atoms with E-state index in [4.69, 9.17) is 121 Å². The van der Waals surface area contributed by atoms with Gasteiger partial charge in [-0.25, -0.2) is 0 Å². The third-order valence-corrected chi connectivity index (χ3v) is 5.51. The van der Waals surface area contributed by atoms with Crippen molar-refractivity contribution >= 4 is 23.9 Å². The fraction of sp³-hybridized carbons (Fsp3) is 0.875. The van der Waals surface area contributed by atoms with Gasteiger partial charge in [0.25, 0.3) is 0 Å². The maximum atomic E-state index is 9.01. The Morgan fingerprint density at radius 3 is 0.344 bits per heavy atom. The molecule has 0 heterocycles. The van der Waals surface area contributed by atoms with Crippen LogP contribution in [0.2, 0.25) is 0 Å². The molecule has 0 fully saturated rings. The second-order valence-electron chi connectivity index (χ2n) is 10.2. The van der Waals surface area contributed by atoms with Crippen molar-refractivity contribution in [1.29, 1.82) is 0 Å². The molecule has 0 bridgehead atoms. The summed E-state index contributed by atoms with van der Waals surface area (Å²) in [4.78, 5) is 43.2. The second-order valence-corrected chi connectivity index (χ2v) is 10.2. The van der Waals surface area contributed by atoms with Gasteiger partial charge in [-0.1, -0.05) is 0 Å². The molecular weight excluding hydrogens is 916 g/mol. The summed E-state index contributed by atoms with van der Waals surface area (Å²) in [7, 11) is 0. The molecule has 0 amide bonds. The van der Waals surface area contributed by atoms with Crippen LogP contribution in [0.1, 0.15) is 0 Å². The van der Waals surface area contributed by atoms with Gasteiger partial charge in [0.2, 0.25) is 0 Å². The Hall–Kier alpha value is -2.04. The first kappa shape index (κ1) is 79.4. The maximum Gasteiger partial charge on any atom is 4.00 e. The zero-order chi connectivity index (χ0) is 48.4. The van der Waals surface area contributed by atoms with Crippen LogP contribution in [0.3, 0.4) is 0 Å². The zero-order valence-electron chi connectivity index (χ0n) is 34.5. The topological polar surface area (TPSA) is 497 Å². The molecule has 0 aliphatic rings. The van der Waals surface area contributed by atoms with Crippen LogP contribution in [-0.2, 0) is 45.4 Å². The van der Waals surface area contributed by atoms with E-state index in [0.29, 0.717) is 78.5 Å². The zero-order valence-corrected chi connectivity index (χ0v) is 37.0. The Morgan fingerprint density at radius 2 is 0.311 bits per heavy atom. The number of carbonyl (C=O) groups is 4. The van der Waals surface area contributed by atoms with Gasteiger partial charge in [0.1, 0.15) is 0 Å². The van der Waals surface area contributed by atoms with Gasteiger partial charge in [0.05, 0.1) is 130 Å².